The van der Waals surface area contributed by atoms with Gasteiger partial charge in [0, 0.05) is 62.4 Å². The topological polar surface area (TPSA) is 35.6 Å². The fourth-order valence-electron chi connectivity index (χ4n) is 3.28. The van der Waals surface area contributed by atoms with Gasteiger partial charge >= 0.3 is 0 Å². The third-order valence-corrected chi connectivity index (χ3v) is 5.64. The second-order valence-corrected chi connectivity index (χ2v) is 7.23. The van der Waals surface area contributed by atoms with Crippen LogP contribution in [0.15, 0.2) is 29.2 Å². The molecule has 0 radical (unpaired) electrons. The summed E-state index contributed by atoms with van der Waals surface area (Å²) in [5.74, 6) is 0.630. The summed E-state index contributed by atoms with van der Waals surface area (Å²) in [6.07, 6.45) is 1.56. The summed E-state index contributed by atoms with van der Waals surface area (Å²) in [6, 6.07) is 7.25. The average Bonchev–Trinajstić information content (AvgIpc) is 3.07. The fraction of sp³-hybridized carbons (Fsp3) is 0.588. The molecular weight excluding hydrogens is 313 g/mol. The van der Waals surface area contributed by atoms with Gasteiger partial charge in [0.25, 0.3) is 0 Å². The second kappa shape index (κ2) is 8.13. The van der Waals surface area contributed by atoms with Gasteiger partial charge in [-0.3, -0.25) is 9.69 Å². The molecule has 0 aliphatic carbocycles. The molecule has 2 saturated heterocycles. The Balaban J connectivity index is 1.41. The number of thioether (sulfide) groups is 1. The van der Waals surface area contributed by atoms with Gasteiger partial charge in [0.1, 0.15) is 5.82 Å². The molecule has 1 atom stereocenters. The number of nitrogens with zero attached hydrogens (tertiary/aromatic N) is 2. The van der Waals surface area contributed by atoms with Crippen LogP contribution in [-0.4, -0.2) is 66.8 Å². The van der Waals surface area contributed by atoms with Crippen LogP contribution in [0.25, 0.3) is 0 Å². The predicted octanol–water partition coefficient (Wildman–Crippen LogP) is 1.81. The van der Waals surface area contributed by atoms with E-state index in [9.17, 15) is 9.18 Å². The largest absolute Gasteiger partial charge is 0.341 e. The van der Waals surface area contributed by atoms with Crippen molar-refractivity contribution in [3.8, 4) is 0 Å². The first kappa shape index (κ1) is 16.7. The Hall–Kier alpha value is -1.11. The van der Waals surface area contributed by atoms with Crippen LogP contribution >= 0.6 is 11.8 Å². The van der Waals surface area contributed by atoms with Crippen molar-refractivity contribution in [2.75, 3.05) is 45.0 Å². The zero-order valence-electron chi connectivity index (χ0n) is 13.3. The van der Waals surface area contributed by atoms with Gasteiger partial charge in [-0.25, -0.2) is 4.39 Å². The van der Waals surface area contributed by atoms with E-state index in [2.05, 4.69) is 10.2 Å². The lowest BCUT2D eigenvalue weighted by molar-refractivity contribution is -0.129. The third kappa shape index (κ3) is 4.46. The highest BCUT2D eigenvalue weighted by Crippen LogP contribution is 2.23. The average molecular weight is 337 g/mol. The van der Waals surface area contributed by atoms with Crippen molar-refractivity contribution in [2.24, 2.45) is 0 Å². The number of rotatable bonds is 5. The molecule has 4 nitrogen and oxygen atoms in total. The van der Waals surface area contributed by atoms with E-state index in [1.807, 2.05) is 11.0 Å². The third-order valence-electron chi connectivity index (χ3n) is 4.59. The van der Waals surface area contributed by atoms with E-state index in [1.165, 1.54) is 17.8 Å². The molecule has 1 aromatic rings. The van der Waals surface area contributed by atoms with Gasteiger partial charge in [0.15, 0.2) is 0 Å². The van der Waals surface area contributed by atoms with Crippen molar-refractivity contribution in [3.05, 3.63) is 30.1 Å². The number of hydrogen-bond acceptors (Lipinski definition) is 4. The summed E-state index contributed by atoms with van der Waals surface area (Å²) in [6.45, 7) is 5.96. The summed E-state index contributed by atoms with van der Waals surface area (Å²) >= 11 is 1.42. The maximum Gasteiger partial charge on any atom is 0.223 e. The first-order chi connectivity index (χ1) is 11.2. The number of nitrogens with one attached hydrogen (secondary N) is 1. The van der Waals surface area contributed by atoms with Crippen LogP contribution in [0.5, 0.6) is 0 Å². The summed E-state index contributed by atoms with van der Waals surface area (Å²) in [7, 11) is 0. The lowest BCUT2D eigenvalue weighted by Gasteiger charge is -2.32. The molecule has 1 amide bonds. The normalized spacial score (nSPS) is 22.5. The zero-order valence-corrected chi connectivity index (χ0v) is 14.2. The van der Waals surface area contributed by atoms with Crippen LogP contribution in [0.2, 0.25) is 0 Å². The number of likely N-dealkylation sites (tertiary alicyclic amines) is 1. The van der Waals surface area contributed by atoms with Crippen molar-refractivity contribution in [1.82, 2.24) is 15.1 Å². The van der Waals surface area contributed by atoms with Crippen LogP contribution < -0.4 is 5.32 Å². The molecule has 0 bridgehead atoms. The van der Waals surface area contributed by atoms with Crippen molar-refractivity contribution < 1.29 is 9.18 Å². The minimum atomic E-state index is -0.204. The van der Waals surface area contributed by atoms with E-state index in [-0.39, 0.29) is 11.7 Å². The van der Waals surface area contributed by atoms with Gasteiger partial charge in [-0.05, 0) is 18.6 Å². The number of carbonyl (C=O) groups excluding carboxylic acids is 1. The van der Waals surface area contributed by atoms with Crippen LogP contribution in [0.4, 0.5) is 4.39 Å². The van der Waals surface area contributed by atoms with Crippen molar-refractivity contribution in [2.45, 2.75) is 23.8 Å². The Bertz CT molecular complexity index is 536. The number of hydrogen-bond donors (Lipinski definition) is 1. The van der Waals surface area contributed by atoms with E-state index >= 15 is 0 Å². The Labute approximate surface area is 141 Å². The SMILES string of the molecule is O=C(CCSc1ccccc1F)N1CCC(N2CCNCC2)C1. The van der Waals surface area contributed by atoms with Gasteiger partial charge in [0.05, 0.1) is 0 Å². The molecule has 1 N–H and O–H groups in total. The fourth-order valence-corrected chi connectivity index (χ4v) is 4.16. The first-order valence-corrected chi connectivity index (χ1v) is 9.32. The Morgan fingerprint density at radius 1 is 1.26 bits per heavy atom. The molecule has 2 aliphatic heterocycles. The maximum atomic E-state index is 13.5. The smallest absolute Gasteiger partial charge is 0.223 e. The number of piperazine rings is 1. The molecular formula is C17H24FN3OS. The van der Waals surface area contributed by atoms with Gasteiger partial charge in [-0.2, -0.15) is 0 Å². The molecule has 23 heavy (non-hydrogen) atoms. The Morgan fingerprint density at radius 3 is 2.83 bits per heavy atom. The highest BCUT2D eigenvalue weighted by molar-refractivity contribution is 7.99. The summed E-state index contributed by atoms with van der Waals surface area (Å²) < 4.78 is 13.5. The molecule has 3 rings (SSSR count). The van der Waals surface area contributed by atoms with E-state index in [1.54, 1.807) is 12.1 Å². The summed E-state index contributed by atoms with van der Waals surface area (Å²) in [5.41, 5.74) is 0. The van der Waals surface area contributed by atoms with Gasteiger partial charge in [0.2, 0.25) is 5.91 Å². The van der Waals surface area contributed by atoms with Crippen molar-refractivity contribution in [3.63, 3.8) is 0 Å². The molecule has 0 saturated carbocycles. The predicted molar refractivity (Wildman–Crippen MR) is 91.2 cm³/mol. The van der Waals surface area contributed by atoms with Crippen molar-refractivity contribution >= 4 is 17.7 Å². The number of benzene rings is 1. The monoisotopic (exact) mass is 337 g/mol. The number of halogens is 1. The van der Waals surface area contributed by atoms with Crippen LogP contribution in [0.3, 0.4) is 0 Å². The lowest BCUT2D eigenvalue weighted by Crippen LogP contribution is -2.49. The summed E-state index contributed by atoms with van der Waals surface area (Å²) in [5, 5.41) is 3.36. The number of amides is 1. The van der Waals surface area contributed by atoms with Gasteiger partial charge < -0.3 is 10.2 Å². The molecule has 0 aromatic heterocycles. The van der Waals surface area contributed by atoms with Crippen molar-refractivity contribution in [1.29, 1.82) is 0 Å². The molecule has 1 aromatic carbocycles. The first-order valence-electron chi connectivity index (χ1n) is 8.34. The van der Waals surface area contributed by atoms with E-state index in [4.69, 9.17) is 0 Å². The van der Waals surface area contributed by atoms with Gasteiger partial charge in [-0.1, -0.05) is 12.1 Å². The van der Waals surface area contributed by atoms with Crippen LogP contribution in [0, 0.1) is 5.82 Å². The van der Waals surface area contributed by atoms with E-state index < -0.39 is 0 Å². The molecule has 2 aliphatic rings. The molecule has 126 valence electrons. The highest BCUT2D eigenvalue weighted by atomic mass is 32.2. The summed E-state index contributed by atoms with van der Waals surface area (Å²) in [4.78, 5) is 17.4. The highest BCUT2D eigenvalue weighted by Gasteiger charge is 2.30. The molecule has 0 spiro atoms. The molecule has 2 heterocycles. The van der Waals surface area contributed by atoms with Crippen LogP contribution in [-0.2, 0) is 4.79 Å². The standard InChI is InChI=1S/C17H24FN3OS/c18-15-3-1-2-4-16(15)23-12-6-17(22)21-9-5-14(13-21)20-10-7-19-8-11-20/h1-4,14,19H,5-13H2. The molecule has 2 fully saturated rings. The lowest BCUT2D eigenvalue weighted by atomic mass is 10.2. The zero-order chi connectivity index (χ0) is 16.1. The van der Waals surface area contributed by atoms with Gasteiger partial charge in [-0.15, -0.1) is 11.8 Å². The number of carbonyl (C=O) groups is 1. The maximum absolute atomic E-state index is 13.5. The van der Waals surface area contributed by atoms with E-state index in [0.717, 1.165) is 45.7 Å². The Kier molecular flexibility index (Phi) is 5.91. The molecule has 1 unspecified atom stereocenters. The Morgan fingerprint density at radius 2 is 2.04 bits per heavy atom. The van der Waals surface area contributed by atoms with Crippen LogP contribution in [0.1, 0.15) is 12.8 Å². The second-order valence-electron chi connectivity index (χ2n) is 6.10. The molecule has 6 heteroatoms. The minimum Gasteiger partial charge on any atom is -0.341 e. The minimum absolute atomic E-state index is 0.200. The quantitative estimate of drug-likeness (QED) is 0.832. The van der Waals surface area contributed by atoms with E-state index in [0.29, 0.717) is 23.1 Å².